The van der Waals surface area contributed by atoms with Gasteiger partial charge in [-0.05, 0) is 30.4 Å². The van der Waals surface area contributed by atoms with Crippen LogP contribution >= 0.6 is 0 Å². The molecule has 0 unspecified atom stereocenters. The third kappa shape index (κ3) is 4.77. The fraction of sp³-hybridized carbons (Fsp3) is 0.500. The molecule has 1 aromatic carbocycles. The van der Waals surface area contributed by atoms with Crippen LogP contribution < -0.4 is 10.1 Å². The van der Waals surface area contributed by atoms with Crippen molar-refractivity contribution in [3.8, 4) is 5.75 Å². The van der Waals surface area contributed by atoms with Crippen LogP contribution in [0.25, 0.3) is 0 Å². The van der Waals surface area contributed by atoms with Crippen LogP contribution in [-0.2, 0) is 9.59 Å². The van der Waals surface area contributed by atoms with Crippen molar-refractivity contribution in [2.24, 2.45) is 5.41 Å². The summed E-state index contributed by atoms with van der Waals surface area (Å²) in [6, 6.07) is 9.34. The van der Waals surface area contributed by atoms with Crippen LogP contribution in [0.3, 0.4) is 0 Å². The molecule has 0 bridgehead atoms. The standard InChI is InChI=1S/C16H21NO4/c18-14(7-10-21-13-5-2-1-3-6-13)17-12-16(8-4-9-16)11-15(19)20/h1-3,5-6H,4,7-12H2,(H,17,18)(H,19,20). The molecule has 1 aromatic rings. The molecule has 21 heavy (non-hydrogen) atoms. The first-order chi connectivity index (χ1) is 10.1. The molecule has 114 valence electrons. The van der Waals surface area contributed by atoms with E-state index in [9.17, 15) is 9.59 Å². The number of carboxylic acids is 1. The van der Waals surface area contributed by atoms with Crippen molar-refractivity contribution in [2.45, 2.75) is 32.1 Å². The summed E-state index contributed by atoms with van der Waals surface area (Å²) in [5.41, 5.74) is -0.234. The number of rotatable bonds is 8. The summed E-state index contributed by atoms with van der Waals surface area (Å²) in [5, 5.41) is 11.7. The molecule has 1 amide bonds. The highest BCUT2D eigenvalue weighted by Gasteiger charge is 2.39. The zero-order valence-corrected chi connectivity index (χ0v) is 12.0. The van der Waals surface area contributed by atoms with Crippen molar-refractivity contribution in [1.82, 2.24) is 5.32 Å². The quantitative estimate of drug-likeness (QED) is 0.770. The maximum atomic E-state index is 11.8. The lowest BCUT2D eigenvalue weighted by atomic mass is 9.66. The molecule has 0 atom stereocenters. The fourth-order valence-corrected chi connectivity index (χ4v) is 2.57. The van der Waals surface area contributed by atoms with E-state index in [1.165, 1.54) is 0 Å². The normalized spacial score (nSPS) is 15.8. The van der Waals surface area contributed by atoms with E-state index in [4.69, 9.17) is 9.84 Å². The number of aliphatic carboxylic acids is 1. The summed E-state index contributed by atoms with van der Waals surface area (Å²) in [6.07, 6.45) is 3.20. The molecule has 0 aromatic heterocycles. The Labute approximate surface area is 124 Å². The monoisotopic (exact) mass is 291 g/mol. The van der Waals surface area contributed by atoms with Gasteiger partial charge in [-0.1, -0.05) is 24.6 Å². The third-order valence-electron chi connectivity index (χ3n) is 3.94. The molecule has 0 saturated heterocycles. The Hall–Kier alpha value is -2.04. The molecule has 1 aliphatic carbocycles. The Morgan fingerprint density at radius 3 is 2.52 bits per heavy atom. The van der Waals surface area contributed by atoms with Crippen molar-refractivity contribution in [2.75, 3.05) is 13.2 Å². The van der Waals surface area contributed by atoms with E-state index in [1.807, 2.05) is 30.3 Å². The first kappa shape index (κ1) is 15.4. The van der Waals surface area contributed by atoms with E-state index in [0.29, 0.717) is 13.2 Å². The number of hydrogen-bond donors (Lipinski definition) is 2. The van der Waals surface area contributed by atoms with Crippen LogP contribution in [0.2, 0.25) is 0 Å². The largest absolute Gasteiger partial charge is 0.493 e. The first-order valence-electron chi connectivity index (χ1n) is 7.26. The van der Waals surface area contributed by atoms with E-state index in [1.54, 1.807) is 0 Å². The fourth-order valence-electron chi connectivity index (χ4n) is 2.57. The van der Waals surface area contributed by atoms with Gasteiger partial charge < -0.3 is 15.2 Å². The molecule has 2 N–H and O–H groups in total. The van der Waals surface area contributed by atoms with Crippen LogP contribution in [0.4, 0.5) is 0 Å². The van der Waals surface area contributed by atoms with Crippen molar-refractivity contribution < 1.29 is 19.4 Å². The molecule has 1 fully saturated rings. The average molecular weight is 291 g/mol. The SMILES string of the molecule is O=C(O)CC1(CNC(=O)CCOc2ccccc2)CCC1. The zero-order chi connectivity index (χ0) is 15.1. The second-order valence-corrected chi connectivity index (χ2v) is 5.61. The molecule has 5 nitrogen and oxygen atoms in total. The molecule has 1 aliphatic rings. The Bertz CT molecular complexity index is 482. The van der Waals surface area contributed by atoms with Gasteiger partial charge in [0, 0.05) is 6.54 Å². The molecule has 0 radical (unpaired) electrons. The zero-order valence-electron chi connectivity index (χ0n) is 12.0. The Kier molecular flexibility index (Phi) is 5.20. The molecule has 5 heteroatoms. The van der Waals surface area contributed by atoms with E-state index in [-0.39, 0.29) is 24.2 Å². The van der Waals surface area contributed by atoms with E-state index < -0.39 is 5.97 Å². The van der Waals surface area contributed by atoms with Crippen LogP contribution in [0.15, 0.2) is 30.3 Å². The smallest absolute Gasteiger partial charge is 0.303 e. The molecule has 0 heterocycles. The van der Waals surface area contributed by atoms with Gasteiger partial charge in [0.2, 0.25) is 5.91 Å². The lowest BCUT2D eigenvalue weighted by Crippen LogP contribution is -2.43. The molecular formula is C16H21NO4. The van der Waals surface area contributed by atoms with Crippen molar-refractivity contribution in [3.05, 3.63) is 30.3 Å². The second kappa shape index (κ2) is 7.11. The van der Waals surface area contributed by atoms with Gasteiger partial charge in [-0.3, -0.25) is 9.59 Å². The molecular weight excluding hydrogens is 270 g/mol. The van der Waals surface area contributed by atoms with Gasteiger partial charge in [0.1, 0.15) is 5.75 Å². The van der Waals surface area contributed by atoms with Crippen molar-refractivity contribution in [1.29, 1.82) is 0 Å². The van der Waals surface area contributed by atoms with Crippen LogP contribution in [0, 0.1) is 5.41 Å². The topological polar surface area (TPSA) is 75.6 Å². The van der Waals surface area contributed by atoms with Gasteiger partial charge in [0.25, 0.3) is 0 Å². The minimum atomic E-state index is -0.795. The molecule has 2 rings (SSSR count). The molecule has 0 spiro atoms. The number of benzene rings is 1. The van der Waals surface area contributed by atoms with Gasteiger partial charge >= 0.3 is 5.97 Å². The predicted molar refractivity (Wildman–Crippen MR) is 78.1 cm³/mol. The lowest BCUT2D eigenvalue weighted by molar-refractivity contribution is -0.141. The highest BCUT2D eigenvalue weighted by Crippen LogP contribution is 2.43. The van der Waals surface area contributed by atoms with Gasteiger partial charge in [-0.25, -0.2) is 0 Å². The van der Waals surface area contributed by atoms with Gasteiger partial charge in [-0.15, -0.1) is 0 Å². The van der Waals surface area contributed by atoms with E-state index >= 15 is 0 Å². The summed E-state index contributed by atoms with van der Waals surface area (Å²) in [4.78, 5) is 22.6. The second-order valence-electron chi connectivity index (χ2n) is 5.61. The van der Waals surface area contributed by atoms with Gasteiger partial charge in [0.15, 0.2) is 0 Å². The first-order valence-corrected chi connectivity index (χ1v) is 7.26. The Morgan fingerprint density at radius 1 is 1.24 bits per heavy atom. The average Bonchev–Trinajstić information content (AvgIpc) is 2.42. The van der Waals surface area contributed by atoms with E-state index in [2.05, 4.69) is 5.32 Å². The summed E-state index contributed by atoms with van der Waals surface area (Å²) < 4.78 is 5.46. The van der Waals surface area contributed by atoms with Gasteiger partial charge in [0.05, 0.1) is 19.4 Å². The highest BCUT2D eigenvalue weighted by atomic mass is 16.5. The summed E-state index contributed by atoms with van der Waals surface area (Å²) in [5.74, 6) is -0.148. The highest BCUT2D eigenvalue weighted by molar-refractivity contribution is 5.76. The maximum absolute atomic E-state index is 11.8. The number of nitrogens with one attached hydrogen (secondary N) is 1. The third-order valence-corrected chi connectivity index (χ3v) is 3.94. The summed E-state index contributed by atoms with van der Waals surface area (Å²) in [6.45, 7) is 0.769. The molecule has 1 saturated carbocycles. The minimum absolute atomic E-state index is 0.0948. The number of carbonyl (C=O) groups excluding carboxylic acids is 1. The van der Waals surface area contributed by atoms with Crippen molar-refractivity contribution in [3.63, 3.8) is 0 Å². The number of hydrogen-bond acceptors (Lipinski definition) is 3. The number of carboxylic acid groups (broad SMARTS) is 1. The molecule has 0 aliphatic heterocycles. The summed E-state index contributed by atoms with van der Waals surface area (Å²) >= 11 is 0. The van der Waals surface area contributed by atoms with Crippen LogP contribution in [-0.4, -0.2) is 30.1 Å². The minimum Gasteiger partial charge on any atom is -0.493 e. The number of amides is 1. The maximum Gasteiger partial charge on any atom is 0.303 e. The van der Waals surface area contributed by atoms with Gasteiger partial charge in [-0.2, -0.15) is 0 Å². The van der Waals surface area contributed by atoms with E-state index in [0.717, 1.165) is 25.0 Å². The van der Waals surface area contributed by atoms with Crippen LogP contribution in [0.1, 0.15) is 32.1 Å². The Balaban J connectivity index is 1.66. The van der Waals surface area contributed by atoms with Crippen LogP contribution in [0.5, 0.6) is 5.75 Å². The lowest BCUT2D eigenvalue weighted by Gasteiger charge is -2.40. The summed E-state index contributed by atoms with van der Waals surface area (Å²) in [7, 11) is 0. The van der Waals surface area contributed by atoms with Crippen molar-refractivity contribution >= 4 is 11.9 Å². The predicted octanol–water partition coefficient (Wildman–Crippen LogP) is 2.22. The number of para-hydroxylation sites is 1. The number of ether oxygens (including phenoxy) is 1. The Morgan fingerprint density at radius 2 is 1.95 bits per heavy atom. The number of carbonyl (C=O) groups is 2.